The lowest BCUT2D eigenvalue weighted by atomic mass is 10.0. The van der Waals surface area contributed by atoms with Gasteiger partial charge in [-0.2, -0.15) is 13.2 Å². The van der Waals surface area contributed by atoms with Gasteiger partial charge in [-0.05, 0) is 61.3 Å². The number of hydrogen-bond donors (Lipinski definition) is 1. The molecule has 2 nitrogen and oxygen atoms in total. The van der Waals surface area contributed by atoms with Crippen LogP contribution in [-0.4, -0.2) is 5.91 Å². The van der Waals surface area contributed by atoms with Crippen molar-refractivity contribution in [3.63, 3.8) is 0 Å². The van der Waals surface area contributed by atoms with Crippen molar-refractivity contribution >= 4 is 5.91 Å². The first-order valence-electron chi connectivity index (χ1n) is 9.37. The molecule has 0 radical (unpaired) electrons. The van der Waals surface area contributed by atoms with E-state index in [0.29, 0.717) is 12.3 Å². The Morgan fingerprint density at radius 1 is 1.04 bits per heavy atom. The van der Waals surface area contributed by atoms with Gasteiger partial charge in [0.05, 0.1) is 11.6 Å². The Labute approximate surface area is 156 Å². The summed E-state index contributed by atoms with van der Waals surface area (Å²) in [5, 5.41) is 3.19. The molecule has 0 aromatic heterocycles. The van der Waals surface area contributed by atoms with Crippen molar-refractivity contribution in [2.45, 2.75) is 44.3 Å². The number of aryl methyl sites for hydroxylation is 1. The largest absolute Gasteiger partial charge is 0.416 e. The monoisotopic (exact) mass is 373 g/mol. The predicted molar refractivity (Wildman–Crippen MR) is 97.1 cm³/mol. The number of halogens is 3. The second kappa shape index (κ2) is 6.70. The highest BCUT2D eigenvalue weighted by Crippen LogP contribution is 2.49. The van der Waals surface area contributed by atoms with Gasteiger partial charge >= 0.3 is 6.18 Å². The lowest BCUT2D eigenvalue weighted by Crippen LogP contribution is -2.31. The summed E-state index contributed by atoms with van der Waals surface area (Å²) >= 11 is 0. The van der Waals surface area contributed by atoms with Crippen molar-refractivity contribution in [3.8, 4) is 0 Å². The Bertz CT molecular complexity index is 822. The average Bonchev–Trinajstić information content (AvgIpc) is 3.54. The van der Waals surface area contributed by atoms with Crippen LogP contribution in [0.3, 0.4) is 0 Å². The van der Waals surface area contributed by atoms with Crippen LogP contribution in [0.4, 0.5) is 13.2 Å². The van der Waals surface area contributed by atoms with E-state index in [1.54, 1.807) is 0 Å². The molecule has 2 aliphatic rings. The number of hydrogen-bond acceptors (Lipinski definition) is 1. The molecule has 2 aliphatic carbocycles. The molecule has 3 unspecified atom stereocenters. The molecule has 2 fully saturated rings. The van der Waals surface area contributed by atoms with Gasteiger partial charge in [0.25, 0.3) is 0 Å². The molecule has 1 N–H and O–H groups in total. The van der Waals surface area contributed by atoms with Crippen molar-refractivity contribution < 1.29 is 18.0 Å². The van der Waals surface area contributed by atoms with Gasteiger partial charge in [-0.3, -0.25) is 4.79 Å². The number of benzene rings is 2. The third kappa shape index (κ3) is 4.02. The topological polar surface area (TPSA) is 29.1 Å². The molecule has 0 saturated heterocycles. The third-order valence-electron chi connectivity index (χ3n) is 5.62. The van der Waals surface area contributed by atoms with Crippen molar-refractivity contribution in [1.29, 1.82) is 0 Å². The zero-order chi connectivity index (χ0) is 19.2. The van der Waals surface area contributed by atoms with Crippen LogP contribution < -0.4 is 5.32 Å². The van der Waals surface area contributed by atoms with Gasteiger partial charge in [0.1, 0.15) is 0 Å². The molecule has 142 valence electrons. The van der Waals surface area contributed by atoms with Crippen LogP contribution in [-0.2, 0) is 11.0 Å². The number of amides is 1. The van der Waals surface area contributed by atoms with Gasteiger partial charge in [0.2, 0.25) is 5.91 Å². The SMILES string of the molecule is Cc1ccc(C(NC(=O)C2CC2c2ccc(C(F)(F)F)cc2)C2CC2)cc1. The van der Waals surface area contributed by atoms with Gasteiger partial charge in [0, 0.05) is 5.92 Å². The maximum atomic E-state index is 12.7. The van der Waals surface area contributed by atoms with Crippen LogP contribution in [0.15, 0.2) is 48.5 Å². The number of nitrogens with one attached hydrogen (secondary N) is 1. The lowest BCUT2D eigenvalue weighted by molar-refractivity contribution is -0.137. The molecule has 0 bridgehead atoms. The smallest absolute Gasteiger partial charge is 0.349 e. The van der Waals surface area contributed by atoms with Crippen LogP contribution in [0.5, 0.6) is 0 Å². The molecule has 0 aliphatic heterocycles. The molecule has 0 spiro atoms. The maximum absolute atomic E-state index is 12.7. The van der Waals surface area contributed by atoms with Crippen LogP contribution >= 0.6 is 0 Å². The van der Waals surface area contributed by atoms with Crippen LogP contribution in [0.2, 0.25) is 0 Å². The zero-order valence-corrected chi connectivity index (χ0v) is 15.1. The minimum atomic E-state index is -4.33. The number of rotatable bonds is 5. The molecule has 2 saturated carbocycles. The van der Waals surface area contributed by atoms with E-state index in [1.807, 2.05) is 6.92 Å². The molecule has 3 atom stereocenters. The summed E-state index contributed by atoms with van der Waals surface area (Å²) in [4.78, 5) is 12.7. The Balaban J connectivity index is 1.41. The van der Waals surface area contributed by atoms with Crippen molar-refractivity contribution in [1.82, 2.24) is 5.32 Å². The molecular formula is C22H22F3NO. The van der Waals surface area contributed by atoms with Crippen molar-refractivity contribution in [2.75, 3.05) is 0 Å². The summed E-state index contributed by atoms with van der Waals surface area (Å²) in [6.07, 6.45) is -1.40. The first kappa shape index (κ1) is 18.1. The van der Waals surface area contributed by atoms with Crippen LogP contribution in [0.25, 0.3) is 0 Å². The van der Waals surface area contributed by atoms with E-state index < -0.39 is 11.7 Å². The normalized spacial score (nSPS) is 23.0. The van der Waals surface area contributed by atoms with E-state index in [4.69, 9.17) is 0 Å². The van der Waals surface area contributed by atoms with Gasteiger partial charge in [-0.1, -0.05) is 42.0 Å². The van der Waals surface area contributed by atoms with Gasteiger partial charge in [-0.25, -0.2) is 0 Å². The predicted octanol–water partition coefficient (Wildman–Crippen LogP) is 5.38. The Kier molecular flexibility index (Phi) is 4.49. The molecule has 2 aromatic carbocycles. The highest BCUT2D eigenvalue weighted by molar-refractivity contribution is 5.83. The average molecular weight is 373 g/mol. The molecule has 4 rings (SSSR count). The summed E-state index contributed by atoms with van der Waals surface area (Å²) < 4.78 is 38.1. The summed E-state index contributed by atoms with van der Waals surface area (Å²) in [6.45, 7) is 2.04. The molecule has 27 heavy (non-hydrogen) atoms. The summed E-state index contributed by atoms with van der Waals surface area (Å²) in [7, 11) is 0. The molecule has 2 aromatic rings. The van der Waals surface area contributed by atoms with Gasteiger partial charge in [0.15, 0.2) is 0 Å². The number of carbonyl (C=O) groups is 1. The second-order valence-corrected chi connectivity index (χ2v) is 7.80. The maximum Gasteiger partial charge on any atom is 0.416 e. The first-order valence-corrected chi connectivity index (χ1v) is 9.37. The Morgan fingerprint density at radius 2 is 1.67 bits per heavy atom. The fraction of sp³-hybridized carbons (Fsp3) is 0.409. The Morgan fingerprint density at radius 3 is 2.22 bits per heavy atom. The fourth-order valence-corrected chi connectivity index (χ4v) is 3.71. The third-order valence-corrected chi connectivity index (χ3v) is 5.62. The minimum Gasteiger partial charge on any atom is -0.349 e. The van der Waals surface area contributed by atoms with E-state index in [-0.39, 0.29) is 23.8 Å². The molecule has 0 heterocycles. The first-order chi connectivity index (χ1) is 12.8. The van der Waals surface area contributed by atoms with E-state index in [0.717, 1.165) is 36.1 Å². The number of carbonyl (C=O) groups excluding carboxylic acids is 1. The number of alkyl halides is 3. The van der Waals surface area contributed by atoms with E-state index in [2.05, 4.69) is 29.6 Å². The lowest BCUT2D eigenvalue weighted by Gasteiger charge is -2.19. The van der Waals surface area contributed by atoms with E-state index >= 15 is 0 Å². The van der Waals surface area contributed by atoms with Gasteiger partial charge in [-0.15, -0.1) is 0 Å². The molecular weight excluding hydrogens is 351 g/mol. The highest BCUT2D eigenvalue weighted by atomic mass is 19.4. The van der Waals surface area contributed by atoms with E-state index in [9.17, 15) is 18.0 Å². The van der Waals surface area contributed by atoms with Crippen molar-refractivity contribution in [3.05, 3.63) is 70.8 Å². The standard InChI is InChI=1S/C22H22F3NO/c1-13-2-4-15(5-3-13)20(16-6-7-16)26-21(27)19-12-18(19)14-8-10-17(11-9-14)22(23,24)25/h2-5,8-11,16,18-20H,6-7,12H2,1H3,(H,26,27). The summed E-state index contributed by atoms with van der Waals surface area (Å²) in [5.74, 6) is 0.371. The van der Waals surface area contributed by atoms with Crippen LogP contribution in [0.1, 0.15) is 53.5 Å². The van der Waals surface area contributed by atoms with E-state index in [1.165, 1.54) is 17.7 Å². The molecule has 5 heteroatoms. The van der Waals surface area contributed by atoms with Crippen LogP contribution in [0, 0.1) is 18.8 Å². The summed E-state index contributed by atoms with van der Waals surface area (Å²) in [6, 6.07) is 13.5. The van der Waals surface area contributed by atoms with Crippen molar-refractivity contribution in [2.24, 2.45) is 11.8 Å². The summed E-state index contributed by atoms with van der Waals surface area (Å²) in [5.41, 5.74) is 2.47. The minimum absolute atomic E-state index is 0.0115. The highest BCUT2D eigenvalue weighted by Gasteiger charge is 2.46. The quantitative estimate of drug-likeness (QED) is 0.749. The Hall–Kier alpha value is -2.30. The fourth-order valence-electron chi connectivity index (χ4n) is 3.71. The van der Waals surface area contributed by atoms with Gasteiger partial charge < -0.3 is 5.32 Å². The second-order valence-electron chi connectivity index (χ2n) is 7.80. The molecule has 1 amide bonds. The zero-order valence-electron chi connectivity index (χ0n) is 15.1.